The number of aromatic nitrogens is 2. The number of ether oxygens (including phenoxy) is 1. The summed E-state index contributed by atoms with van der Waals surface area (Å²) in [7, 11) is 1.59. The number of hydrogen-bond acceptors (Lipinski definition) is 3. The van der Waals surface area contributed by atoms with Crippen molar-refractivity contribution in [3.8, 4) is 17.1 Å². The first kappa shape index (κ1) is 14.1. The normalized spacial score (nSPS) is 10.6. The van der Waals surface area contributed by atoms with Crippen LogP contribution >= 0.6 is 23.2 Å². The number of methoxy groups -OCH3 is 1. The van der Waals surface area contributed by atoms with Crippen molar-refractivity contribution in [3.05, 3.63) is 39.6 Å². The predicted octanol–water partition coefficient (Wildman–Crippen LogP) is 4.33. The van der Waals surface area contributed by atoms with Gasteiger partial charge in [-0.3, -0.25) is 0 Å². The molecule has 0 saturated carbocycles. The average Bonchev–Trinajstić information content (AvgIpc) is 2.38. The highest BCUT2D eigenvalue weighted by Crippen LogP contribution is 2.31. The lowest BCUT2D eigenvalue weighted by molar-refractivity contribution is 0.416. The van der Waals surface area contributed by atoms with Gasteiger partial charge in [-0.25, -0.2) is 9.97 Å². The fraction of sp³-hybridized carbons (Fsp3) is 0.286. The standard InChI is InChI=1S/C14H14Cl2N2O/c1-4-10-8(2)17-14(18-13(10)16)11-6-5-9(15)7-12(11)19-3/h5-7H,4H2,1-3H3. The molecule has 19 heavy (non-hydrogen) atoms. The Morgan fingerprint density at radius 2 is 1.95 bits per heavy atom. The predicted molar refractivity (Wildman–Crippen MR) is 78.2 cm³/mol. The van der Waals surface area contributed by atoms with Crippen LogP contribution in [-0.2, 0) is 6.42 Å². The van der Waals surface area contributed by atoms with Crippen molar-refractivity contribution in [1.82, 2.24) is 9.97 Å². The topological polar surface area (TPSA) is 35.0 Å². The quantitative estimate of drug-likeness (QED) is 0.791. The van der Waals surface area contributed by atoms with Crippen LogP contribution < -0.4 is 4.74 Å². The van der Waals surface area contributed by atoms with Gasteiger partial charge in [0.05, 0.1) is 12.7 Å². The number of halogens is 2. The Morgan fingerprint density at radius 3 is 2.53 bits per heavy atom. The van der Waals surface area contributed by atoms with Crippen molar-refractivity contribution >= 4 is 23.2 Å². The van der Waals surface area contributed by atoms with Gasteiger partial charge < -0.3 is 4.74 Å². The highest BCUT2D eigenvalue weighted by molar-refractivity contribution is 6.31. The van der Waals surface area contributed by atoms with Crippen LogP contribution in [-0.4, -0.2) is 17.1 Å². The van der Waals surface area contributed by atoms with Gasteiger partial charge in [0, 0.05) is 16.3 Å². The van der Waals surface area contributed by atoms with E-state index in [0.29, 0.717) is 21.7 Å². The number of hydrogen-bond donors (Lipinski definition) is 0. The monoisotopic (exact) mass is 296 g/mol. The molecule has 0 unspecified atom stereocenters. The van der Waals surface area contributed by atoms with Gasteiger partial charge in [0.2, 0.25) is 0 Å². The minimum Gasteiger partial charge on any atom is -0.496 e. The van der Waals surface area contributed by atoms with E-state index in [2.05, 4.69) is 9.97 Å². The number of aryl methyl sites for hydroxylation is 1. The summed E-state index contributed by atoms with van der Waals surface area (Å²) in [4.78, 5) is 8.84. The maximum Gasteiger partial charge on any atom is 0.164 e. The third-order valence-electron chi connectivity index (χ3n) is 2.92. The van der Waals surface area contributed by atoms with Crippen LogP contribution in [0.1, 0.15) is 18.2 Å². The van der Waals surface area contributed by atoms with Gasteiger partial charge in [-0.1, -0.05) is 30.1 Å². The Morgan fingerprint density at radius 1 is 1.21 bits per heavy atom. The summed E-state index contributed by atoms with van der Waals surface area (Å²) in [5.41, 5.74) is 2.63. The van der Waals surface area contributed by atoms with Gasteiger partial charge in [-0.15, -0.1) is 0 Å². The van der Waals surface area contributed by atoms with Crippen LogP contribution in [0.2, 0.25) is 10.2 Å². The van der Waals surface area contributed by atoms with Crippen molar-refractivity contribution in [1.29, 1.82) is 0 Å². The van der Waals surface area contributed by atoms with Crippen LogP contribution in [0.4, 0.5) is 0 Å². The summed E-state index contributed by atoms with van der Waals surface area (Å²) in [5, 5.41) is 1.09. The van der Waals surface area contributed by atoms with Crippen LogP contribution in [0, 0.1) is 6.92 Å². The third kappa shape index (κ3) is 2.82. The first-order valence-corrected chi connectivity index (χ1v) is 6.69. The maximum atomic E-state index is 6.19. The van der Waals surface area contributed by atoms with Crippen molar-refractivity contribution in [2.75, 3.05) is 7.11 Å². The average molecular weight is 297 g/mol. The van der Waals surface area contributed by atoms with Crippen LogP contribution in [0.5, 0.6) is 5.75 Å². The van der Waals surface area contributed by atoms with E-state index in [-0.39, 0.29) is 0 Å². The van der Waals surface area contributed by atoms with E-state index in [4.69, 9.17) is 27.9 Å². The van der Waals surface area contributed by atoms with Crippen molar-refractivity contribution in [3.63, 3.8) is 0 Å². The molecule has 0 atom stereocenters. The molecule has 0 saturated heterocycles. The molecule has 0 fully saturated rings. The molecule has 0 N–H and O–H groups in total. The highest BCUT2D eigenvalue weighted by atomic mass is 35.5. The Balaban J connectivity index is 2.59. The van der Waals surface area contributed by atoms with Crippen molar-refractivity contribution < 1.29 is 4.74 Å². The summed E-state index contributed by atoms with van der Waals surface area (Å²) in [6.45, 7) is 3.96. The van der Waals surface area contributed by atoms with Crippen LogP contribution in [0.3, 0.4) is 0 Å². The lowest BCUT2D eigenvalue weighted by atomic mass is 10.1. The Labute approximate surface area is 122 Å². The van der Waals surface area contributed by atoms with E-state index in [0.717, 1.165) is 23.2 Å². The Kier molecular flexibility index (Phi) is 4.27. The maximum absolute atomic E-state index is 6.19. The first-order chi connectivity index (χ1) is 9.06. The lowest BCUT2D eigenvalue weighted by Crippen LogP contribution is -2.00. The molecule has 2 rings (SSSR count). The van der Waals surface area contributed by atoms with E-state index in [9.17, 15) is 0 Å². The number of rotatable bonds is 3. The molecule has 0 radical (unpaired) electrons. The fourth-order valence-corrected chi connectivity index (χ4v) is 2.45. The molecule has 0 bridgehead atoms. The van der Waals surface area contributed by atoms with E-state index in [1.165, 1.54) is 0 Å². The van der Waals surface area contributed by atoms with Gasteiger partial charge in [-0.05, 0) is 31.5 Å². The summed E-state index contributed by atoms with van der Waals surface area (Å²) in [6.07, 6.45) is 0.808. The minimum atomic E-state index is 0.488. The van der Waals surface area contributed by atoms with E-state index < -0.39 is 0 Å². The van der Waals surface area contributed by atoms with E-state index in [1.54, 1.807) is 19.2 Å². The summed E-state index contributed by atoms with van der Waals surface area (Å²) in [6, 6.07) is 5.34. The molecule has 0 aliphatic rings. The molecule has 1 aromatic carbocycles. The largest absolute Gasteiger partial charge is 0.496 e. The second kappa shape index (κ2) is 5.76. The van der Waals surface area contributed by atoms with E-state index >= 15 is 0 Å². The molecular formula is C14H14Cl2N2O. The van der Waals surface area contributed by atoms with Crippen molar-refractivity contribution in [2.24, 2.45) is 0 Å². The second-order valence-electron chi connectivity index (χ2n) is 4.10. The van der Waals surface area contributed by atoms with Gasteiger partial charge in [-0.2, -0.15) is 0 Å². The molecule has 0 aliphatic carbocycles. The highest BCUT2D eigenvalue weighted by Gasteiger charge is 2.13. The molecule has 1 heterocycles. The molecule has 1 aromatic heterocycles. The van der Waals surface area contributed by atoms with Gasteiger partial charge in [0.1, 0.15) is 10.9 Å². The molecule has 5 heteroatoms. The first-order valence-electron chi connectivity index (χ1n) is 5.93. The SMILES string of the molecule is CCc1c(C)nc(-c2ccc(Cl)cc2OC)nc1Cl. The van der Waals surface area contributed by atoms with Gasteiger partial charge >= 0.3 is 0 Å². The van der Waals surface area contributed by atoms with E-state index in [1.807, 2.05) is 19.9 Å². The summed E-state index contributed by atoms with van der Waals surface area (Å²) in [5.74, 6) is 1.18. The summed E-state index contributed by atoms with van der Waals surface area (Å²) >= 11 is 12.1. The van der Waals surface area contributed by atoms with Gasteiger partial charge in [0.25, 0.3) is 0 Å². The van der Waals surface area contributed by atoms with Crippen LogP contribution in [0.15, 0.2) is 18.2 Å². The molecule has 100 valence electrons. The second-order valence-corrected chi connectivity index (χ2v) is 4.89. The fourth-order valence-electron chi connectivity index (χ4n) is 1.93. The van der Waals surface area contributed by atoms with Gasteiger partial charge in [0.15, 0.2) is 5.82 Å². The lowest BCUT2D eigenvalue weighted by Gasteiger charge is -2.11. The number of benzene rings is 1. The molecule has 0 spiro atoms. The Bertz CT molecular complexity index is 591. The zero-order chi connectivity index (χ0) is 14.0. The number of nitrogens with zero attached hydrogens (tertiary/aromatic N) is 2. The van der Waals surface area contributed by atoms with Crippen LogP contribution in [0.25, 0.3) is 11.4 Å². The molecular weight excluding hydrogens is 283 g/mol. The Hall–Kier alpha value is -1.32. The molecule has 3 nitrogen and oxygen atoms in total. The van der Waals surface area contributed by atoms with Crippen molar-refractivity contribution in [2.45, 2.75) is 20.3 Å². The molecule has 0 aliphatic heterocycles. The molecule has 0 amide bonds. The summed E-state index contributed by atoms with van der Waals surface area (Å²) < 4.78 is 5.31. The third-order valence-corrected chi connectivity index (χ3v) is 3.47. The smallest absolute Gasteiger partial charge is 0.164 e. The minimum absolute atomic E-state index is 0.488. The molecule has 2 aromatic rings. The zero-order valence-electron chi connectivity index (χ0n) is 11.0. The zero-order valence-corrected chi connectivity index (χ0v) is 12.5.